The Morgan fingerprint density at radius 1 is 0.818 bits per heavy atom. The topological polar surface area (TPSA) is 37.4 Å². The van der Waals surface area contributed by atoms with Crippen LogP contribution in [0, 0.1) is 0 Å². The summed E-state index contributed by atoms with van der Waals surface area (Å²) in [6, 6.07) is 0. The van der Waals surface area contributed by atoms with Crippen LogP contribution in [0.1, 0.15) is 85.0 Å². The van der Waals surface area contributed by atoms with Crippen molar-refractivity contribution in [2.45, 2.75) is 90.5 Å². The highest BCUT2D eigenvalue weighted by molar-refractivity contribution is 7.91. The SMILES string of the molecule is CCCCCCC(C)(CCCCCC)N1CCS(=O)(=O)CC1. The predicted molar refractivity (Wildman–Crippen MR) is 96.1 cm³/mol. The number of sulfone groups is 1. The van der Waals surface area contributed by atoms with E-state index in [0.717, 1.165) is 13.1 Å². The van der Waals surface area contributed by atoms with Crippen molar-refractivity contribution in [1.29, 1.82) is 0 Å². The molecule has 1 fully saturated rings. The lowest BCUT2D eigenvalue weighted by molar-refractivity contribution is 0.0893. The molecule has 1 aliphatic rings. The van der Waals surface area contributed by atoms with Crippen molar-refractivity contribution >= 4 is 9.84 Å². The Morgan fingerprint density at radius 2 is 1.27 bits per heavy atom. The third-order valence-corrected chi connectivity index (χ3v) is 6.85. The van der Waals surface area contributed by atoms with Gasteiger partial charge in [-0.1, -0.05) is 65.2 Å². The maximum atomic E-state index is 11.7. The van der Waals surface area contributed by atoms with E-state index in [0.29, 0.717) is 11.5 Å². The molecule has 0 aliphatic carbocycles. The molecule has 132 valence electrons. The van der Waals surface area contributed by atoms with Gasteiger partial charge in [0.05, 0.1) is 11.5 Å². The highest BCUT2D eigenvalue weighted by atomic mass is 32.2. The number of hydrogen-bond donors (Lipinski definition) is 0. The van der Waals surface area contributed by atoms with Crippen molar-refractivity contribution in [2.75, 3.05) is 24.6 Å². The fourth-order valence-electron chi connectivity index (χ4n) is 3.56. The fourth-order valence-corrected chi connectivity index (χ4v) is 4.76. The maximum Gasteiger partial charge on any atom is 0.152 e. The summed E-state index contributed by atoms with van der Waals surface area (Å²) in [4.78, 5) is 2.48. The van der Waals surface area contributed by atoms with Crippen LogP contribution >= 0.6 is 0 Å². The third kappa shape index (κ3) is 6.99. The Morgan fingerprint density at radius 3 is 1.68 bits per heavy atom. The molecular formula is C18H37NO2S. The van der Waals surface area contributed by atoms with Gasteiger partial charge in [-0.3, -0.25) is 4.90 Å². The van der Waals surface area contributed by atoms with E-state index in [9.17, 15) is 8.42 Å². The molecule has 3 nitrogen and oxygen atoms in total. The lowest BCUT2D eigenvalue weighted by Gasteiger charge is -2.44. The molecule has 0 bridgehead atoms. The first kappa shape index (κ1) is 20.0. The lowest BCUT2D eigenvalue weighted by Crippen LogP contribution is -2.53. The maximum absolute atomic E-state index is 11.7. The van der Waals surface area contributed by atoms with Gasteiger partial charge in [-0.15, -0.1) is 0 Å². The molecular weight excluding hydrogens is 294 g/mol. The van der Waals surface area contributed by atoms with E-state index in [1.807, 2.05) is 0 Å². The van der Waals surface area contributed by atoms with Crippen LogP contribution in [0.4, 0.5) is 0 Å². The summed E-state index contributed by atoms with van der Waals surface area (Å²) in [6.07, 6.45) is 12.8. The molecule has 0 spiro atoms. The number of rotatable bonds is 11. The molecule has 4 heteroatoms. The zero-order chi connectivity index (χ0) is 16.5. The van der Waals surface area contributed by atoms with Gasteiger partial charge in [-0.05, 0) is 19.8 Å². The van der Waals surface area contributed by atoms with Gasteiger partial charge in [-0.2, -0.15) is 0 Å². The van der Waals surface area contributed by atoms with E-state index >= 15 is 0 Å². The van der Waals surface area contributed by atoms with Gasteiger partial charge in [0.1, 0.15) is 0 Å². The summed E-state index contributed by atoms with van der Waals surface area (Å²) in [5, 5.41) is 0. The Hall–Kier alpha value is -0.0900. The minimum atomic E-state index is -2.78. The zero-order valence-electron chi connectivity index (χ0n) is 15.1. The number of hydrogen-bond acceptors (Lipinski definition) is 3. The van der Waals surface area contributed by atoms with Gasteiger partial charge in [0, 0.05) is 18.6 Å². The lowest BCUT2D eigenvalue weighted by atomic mass is 9.86. The Labute approximate surface area is 138 Å². The fraction of sp³-hybridized carbons (Fsp3) is 1.00. The summed E-state index contributed by atoms with van der Waals surface area (Å²) in [5.41, 5.74) is 0.206. The van der Waals surface area contributed by atoms with Crippen molar-refractivity contribution in [3.63, 3.8) is 0 Å². The Kier molecular flexibility index (Phi) is 9.00. The molecule has 0 aromatic heterocycles. The molecule has 0 radical (unpaired) electrons. The molecule has 0 N–H and O–H groups in total. The summed E-state index contributed by atoms with van der Waals surface area (Å²) in [6.45, 7) is 8.35. The van der Waals surface area contributed by atoms with Crippen molar-refractivity contribution in [2.24, 2.45) is 0 Å². The summed E-state index contributed by atoms with van der Waals surface area (Å²) < 4.78 is 23.4. The minimum absolute atomic E-state index is 0.206. The predicted octanol–water partition coefficient (Wildman–Crippen LogP) is 4.42. The molecule has 0 atom stereocenters. The van der Waals surface area contributed by atoms with Crippen LogP contribution in [0.15, 0.2) is 0 Å². The molecule has 1 aliphatic heterocycles. The average molecular weight is 332 g/mol. The number of unbranched alkanes of at least 4 members (excludes halogenated alkanes) is 6. The van der Waals surface area contributed by atoms with Gasteiger partial charge < -0.3 is 0 Å². The standard InChI is InChI=1S/C18H37NO2S/c1-4-6-8-10-12-18(3,13-11-9-7-5-2)19-14-16-22(20,21)17-15-19/h4-17H2,1-3H3. The van der Waals surface area contributed by atoms with E-state index in [2.05, 4.69) is 25.7 Å². The highest BCUT2D eigenvalue weighted by Gasteiger charge is 2.34. The van der Waals surface area contributed by atoms with Crippen LogP contribution < -0.4 is 0 Å². The van der Waals surface area contributed by atoms with Crippen molar-refractivity contribution in [1.82, 2.24) is 4.90 Å². The van der Waals surface area contributed by atoms with Crippen molar-refractivity contribution in [3.8, 4) is 0 Å². The smallest absolute Gasteiger partial charge is 0.152 e. The Balaban J connectivity index is 2.55. The first-order valence-corrected chi connectivity index (χ1v) is 11.2. The van der Waals surface area contributed by atoms with Crippen molar-refractivity contribution in [3.05, 3.63) is 0 Å². The largest absolute Gasteiger partial charge is 0.296 e. The second kappa shape index (κ2) is 9.92. The highest BCUT2D eigenvalue weighted by Crippen LogP contribution is 2.30. The molecule has 0 unspecified atom stereocenters. The van der Waals surface area contributed by atoms with Crippen LogP contribution in [0.3, 0.4) is 0 Å². The van der Waals surface area contributed by atoms with Gasteiger partial charge in [0.15, 0.2) is 9.84 Å². The van der Waals surface area contributed by atoms with Gasteiger partial charge >= 0.3 is 0 Å². The zero-order valence-corrected chi connectivity index (χ0v) is 15.9. The average Bonchev–Trinajstić information content (AvgIpc) is 2.48. The molecule has 0 saturated carbocycles. The summed E-state index contributed by atoms with van der Waals surface area (Å²) in [5.74, 6) is 0.707. The summed E-state index contributed by atoms with van der Waals surface area (Å²) in [7, 11) is -2.78. The molecule has 22 heavy (non-hydrogen) atoms. The van der Waals surface area contributed by atoms with Gasteiger partial charge in [0.2, 0.25) is 0 Å². The molecule has 1 saturated heterocycles. The third-order valence-electron chi connectivity index (χ3n) is 5.25. The van der Waals surface area contributed by atoms with Crippen LogP contribution in [0.2, 0.25) is 0 Å². The molecule has 1 rings (SSSR count). The number of nitrogens with zero attached hydrogens (tertiary/aromatic N) is 1. The normalized spacial score (nSPS) is 19.4. The van der Waals surface area contributed by atoms with Crippen LogP contribution in [-0.4, -0.2) is 43.5 Å². The first-order chi connectivity index (χ1) is 10.4. The molecule has 0 aromatic rings. The molecule has 0 aromatic carbocycles. The first-order valence-electron chi connectivity index (χ1n) is 9.39. The van der Waals surface area contributed by atoms with E-state index in [4.69, 9.17) is 0 Å². The monoisotopic (exact) mass is 331 g/mol. The quantitative estimate of drug-likeness (QED) is 0.526. The van der Waals surface area contributed by atoms with E-state index in [1.54, 1.807) is 0 Å². The Bertz CT molecular complexity index is 366. The van der Waals surface area contributed by atoms with Crippen LogP contribution in [0.5, 0.6) is 0 Å². The van der Waals surface area contributed by atoms with Crippen molar-refractivity contribution < 1.29 is 8.42 Å². The second-order valence-electron chi connectivity index (χ2n) is 7.26. The summed E-state index contributed by atoms with van der Waals surface area (Å²) >= 11 is 0. The van der Waals surface area contributed by atoms with Crippen LogP contribution in [-0.2, 0) is 9.84 Å². The second-order valence-corrected chi connectivity index (χ2v) is 9.56. The van der Waals surface area contributed by atoms with E-state index < -0.39 is 9.84 Å². The van der Waals surface area contributed by atoms with E-state index in [-0.39, 0.29) is 5.54 Å². The molecule has 1 heterocycles. The van der Waals surface area contributed by atoms with Gasteiger partial charge in [0.25, 0.3) is 0 Å². The van der Waals surface area contributed by atoms with Gasteiger partial charge in [-0.25, -0.2) is 8.42 Å². The molecule has 0 amide bonds. The minimum Gasteiger partial charge on any atom is -0.296 e. The van der Waals surface area contributed by atoms with E-state index in [1.165, 1.54) is 64.2 Å². The van der Waals surface area contributed by atoms with Crippen LogP contribution in [0.25, 0.3) is 0 Å².